The topological polar surface area (TPSA) is 77.2 Å². The molecule has 0 amide bonds. The molecule has 1 saturated carbocycles. The number of nitrogens with zero attached hydrogens (tertiary/aromatic N) is 4. The molecule has 0 saturated heterocycles. The number of nitrogens with two attached hydrogens (primary N) is 1. The summed E-state index contributed by atoms with van der Waals surface area (Å²) < 4.78 is 5.04. The van der Waals surface area contributed by atoms with Crippen LogP contribution in [0.25, 0.3) is 0 Å². The van der Waals surface area contributed by atoms with Gasteiger partial charge in [-0.05, 0) is 44.2 Å². The molecule has 2 rings (SSSR count). The summed E-state index contributed by atoms with van der Waals surface area (Å²) in [6.07, 6.45) is 4.19. The number of ether oxygens (including phenoxy) is 1. The van der Waals surface area contributed by atoms with Gasteiger partial charge in [0.1, 0.15) is 0 Å². The predicted molar refractivity (Wildman–Crippen MR) is 74.6 cm³/mol. The average molecular weight is 286 g/mol. The van der Waals surface area contributed by atoms with Crippen molar-refractivity contribution in [3.8, 4) is 6.01 Å². The molecule has 0 aromatic carbocycles. The van der Waals surface area contributed by atoms with Crippen LogP contribution >= 0.6 is 11.6 Å². The number of halogens is 1. The molecule has 0 radical (unpaired) electrons. The van der Waals surface area contributed by atoms with Crippen LogP contribution in [0.2, 0.25) is 5.28 Å². The quantitative estimate of drug-likeness (QED) is 0.906. The molecule has 1 aliphatic rings. The van der Waals surface area contributed by atoms with Crippen LogP contribution in [0, 0.1) is 0 Å². The van der Waals surface area contributed by atoms with E-state index in [1.807, 2.05) is 0 Å². The third kappa shape index (κ3) is 3.45. The van der Waals surface area contributed by atoms with Crippen molar-refractivity contribution in [2.75, 3.05) is 18.6 Å². The Balaban J connectivity index is 2.19. The largest absolute Gasteiger partial charge is 0.467 e. The zero-order valence-corrected chi connectivity index (χ0v) is 12.1. The summed E-state index contributed by atoms with van der Waals surface area (Å²) in [5, 5.41) is 0.160. The van der Waals surface area contributed by atoms with Gasteiger partial charge in [-0.15, -0.1) is 0 Å². The molecule has 2 N–H and O–H groups in total. The number of rotatable bonds is 4. The second-order valence-electron chi connectivity index (χ2n) is 4.75. The molecule has 1 heterocycles. The summed E-state index contributed by atoms with van der Waals surface area (Å²) in [6, 6.07) is 0.986. The molecular weight excluding hydrogens is 266 g/mol. The van der Waals surface area contributed by atoms with E-state index in [4.69, 9.17) is 22.1 Å². The normalized spacial score (nSPS) is 23.2. The molecule has 0 atom stereocenters. The lowest BCUT2D eigenvalue weighted by Gasteiger charge is -2.35. The Morgan fingerprint density at radius 2 is 1.95 bits per heavy atom. The smallest absolute Gasteiger partial charge is 0.322 e. The predicted octanol–water partition coefficient (Wildman–Crippen LogP) is 1.63. The fraction of sp³-hybridized carbons (Fsp3) is 0.750. The number of anilines is 1. The van der Waals surface area contributed by atoms with Crippen LogP contribution in [0.15, 0.2) is 0 Å². The third-order valence-corrected chi connectivity index (χ3v) is 3.71. The summed E-state index contributed by atoms with van der Waals surface area (Å²) in [4.78, 5) is 14.5. The lowest BCUT2D eigenvalue weighted by molar-refractivity contribution is 0.364. The second kappa shape index (κ2) is 6.34. The van der Waals surface area contributed by atoms with E-state index in [9.17, 15) is 0 Å². The monoisotopic (exact) mass is 285 g/mol. The van der Waals surface area contributed by atoms with Gasteiger partial charge in [0.15, 0.2) is 0 Å². The Morgan fingerprint density at radius 1 is 1.26 bits per heavy atom. The first kappa shape index (κ1) is 14.3. The minimum Gasteiger partial charge on any atom is -0.467 e. The first-order chi connectivity index (χ1) is 9.13. The van der Waals surface area contributed by atoms with Crippen LogP contribution in [-0.2, 0) is 0 Å². The van der Waals surface area contributed by atoms with Gasteiger partial charge in [0, 0.05) is 18.6 Å². The summed E-state index contributed by atoms with van der Waals surface area (Å²) in [6.45, 7) is 2.90. The highest BCUT2D eigenvalue weighted by atomic mass is 35.5. The van der Waals surface area contributed by atoms with Crippen LogP contribution < -0.4 is 15.4 Å². The van der Waals surface area contributed by atoms with E-state index >= 15 is 0 Å². The third-order valence-electron chi connectivity index (χ3n) is 3.54. The number of hydrogen-bond donors (Lipinski definition) is 1. The molecule has 0 aliphatic heterocycles. The Kier molecular flexibility index (Phi) is 4.76. The molecule has 0 unspecified atom stereocenters. The minimum atomic E-state index is 0.160. The van der Waals surface area contributed by atoms with Crippen molar-refractivity contribution in [3.05, 3.63) is 5.28 Å². The first-order valence-corrected chi connectivity index (χ1v) is 6.99. The van der Waals surface area contributed by atoms with Gasteiger partial charge in [0.2, 0.25) is 11.2 Å². The number of aromatic nitrogens is 3. The van der Waals surface area contributed by atoms with E-state index < -0.39 is 0 Å². The molecule has 106 valence electrons. The fourth-order valence-electron chi connectivity index (χ4n) is 2.52. The van der Waals surface area contributed by atoms with Gasteiger partial charge >= 0.3 is 6.01 Å². The average Bonchev–Trinajstić information content (AvgIpc) is 2.41. The molecule has 1 fully saturated rings. The Labute approximate surface area is 118 Å². The maximum absolute atomic E-state index is 5.95. The van der Waals surface area contributed by atoms with Crippen molar-refractivity contribution in [3.63, 3.8) is 0 Å². The summed E-state index contributed by atoms with van der Waals surface area (Å²) in [5.74, 6) is 0.583. The van der Waals surface area contributed by atoms with E-state index in [2.05, 4.69) is 26.8 Å². The van der Waals surface area contributed by atoms with E-state index in [0.717, 1.165) is 32.2 Å². The van der Waals surface area contributed by atoms with Gasteiger partial charge in [0.05, 0.1) is 7.11 Å². The van der Waals surface area contributed by atoms with Crippen molar-refractivity contribution in [1.82, 2.24) is 15.0 Å². The highest BCUT2D eigenvalue weighted by molar-refractivity contribution is 6.28. The van der Waals surface area contributed by atoms with E-state index in [-0.39, 0.29) is 11.3 Å². The SMILES string of the molecule is CCN(c1nc(Cl)nc(OC)n1)C1CCC(N)CC1. The van der Waals surface area contributed by atoms with Crippen molar-refractivity contribution in [1.29, 1.82) is 0 Å². The van der Waals surface area contributed by atoms with Crippen LogP contribution in [0.1, 0.15) is 32.6 Å². The second-order valence-corrected chi connectivity index (χ2v) is 5.08. The van der Waals surface area contributed by atoms with Gasteiger partial charge in [-0.1, -0.05) is 0 Å². The summed E-state index contributed by atoms with van der Waals surface area (Å²) in [5.41, 5.74) is 5.95. The summed E-state index contributed by atoms with van der Waals surface area (Å²) >= 11 is 5.90. The summed E-state index contributed by atoms with van der Waals surface area (Å²) in [7, 11) is 1.52. The van der Waals surface area contributed by atoms with Gasteiger partial charge < -0.3 is 15.4 Å². The highest BCUT2D eigenvalue weighted by Gasteiger charge is 2.25. The first-order valence-electron chi connectivity index (χ1n) is 6.61. The zero-order chi connectivity index (χ0) is 13.8. The van der Waals surface area contributed by atoms with Crippen molar-refractivity contribution in [2.45, 2.75) is 44.7 Å². The number of hydrogen-bond acceptors (Lipinski definition) is 6. The van der Waals surface area contributed by atoms with E-state index in [1.165, 1.54) is 7.11 Å². The molecule has 0 spiro atoms. The van der Waals surface area contributed by atoms with E-state index in [0.29, 0.717) is 18.0 Å². The van der Waals surface area contributed by atoms with Crippen LogP contribution in [0.5, 0.6) is 6.01 Å². The van der Waals surface area contributed by atoms with Gasteiger partial charge in [0.25, 0.3) is 0 Å². The van der Waals surface area contributed by atoms with Crippen molar-refractivity contribution < 1.29 is 4.74 Å². The van der Waals surface area contributed by atoms with Gasteiger partial charge in [-0.2, -0.15) is 15.0 Å². The number of methoxy groups -OCH3 is 1. The van der Waals surface area contributed by atoms with E-state index in [1.54, 1.807) is 0 Å². The van der Waals surface area contributed by atoms with Gasteiger partial charge in [-0.25, -0.2) is 0 Å². The van der Waals surface area contributed by atoms with Crippen molar-refractivity contribution in [2.24, 2.45) is 5.73 Å². The maximum atomic E-state index is 5.95. The maximum Gasteiger partial charge on any atom is 0.322 e. The molecule has 0 bridgehead atoms. The molecule has 1 aromatic heterocycles. The molecule has 1 aliphatic carbocycles. The fourth-order valence-corrected chi connectivity index (χ4v) is 2.67. The Bertz CT molecular complexity index is 423. The molecule has 19 heavy (non-hydrogen) atoms. The zero-order valence-electron chi connectivity index (χ0n) is 11.3. The van der Waals surface area contributed by atoms with Crippen molar-refractivity contribution >= 4 is 17.5 Å². The van der Waals surface area contributed by atoms with Crippen LogP contribution in [0.3, 0.4) is 0 Å². The molecular formula is C12H20ClN5O. The van der Waals surface area contributed by atoms with Gasteiger partial charge in [-0.3, -0.25) is 0 Å². The lowest BCUT2D eigenvalue weighted by atomic mass is 9.91. The lowest BCUT2D eigenvalue weighted by Crippen LogP contribution is -2.41. The minimum absolute atomic E-state index is 0.160. The highest BCUT2D eigenvalue weighted by Crippen LogP contribution is 2.26. The van der Waals surface area contributed by atoms with Crippen LogP contribution in [0.4, 0.5) is 5.95 Å². The molecule has 6 nitrogen and oxygen atoms in total. The Morgan fingerprint density at radius 3 is 2.53 bits per heavy atom. The standard InChI is InChI=1S/C12H20ClN5O/c1-3-18(9-6-4-8(14)5-7-9)11-15-10(13)16-12(17-11)19-2/h8-9H,3-7,14H2,1-2H3. The Hall–Kier alpha value is -1.14. The molecule has 7 heteroatoms. The van der Waals surface area contributed by atoms with Crippen LogP contribution in [-0.4, -0.2) is 40.7 Å². The molecule has 1 aromatic rings.